The molecule has 108 heavy (non-hydrogen) atoms. The average Bonchev–Trinajstić information content (AvgIpc) is 0.944. The number of aromatic amines is 4. The van der Waals surface area contributed by atoms with Gasteiger partial charge in [0.05, 0.1) is 36.4 Å². The van der Waals surface area contributed by atoms with E-state index in [0.29, 0.717) is 59.5 Å². The molecule has 22 nitrogen and oxygen atoms in total. The molecule has 23 heteroatoms. The summed E-state index contributed by atoms with van der Waals surface area (Å²) in [5.74, 6) is 0.262. The van der Waals surface area contributed by atoms with Gasteiger partial charge >= 0.3 is 0 Å². The van der Waals surface area contributed by atoms with Crippen LogP contribution in [-0.4, -0.2) is 126 Å². The van der Waals surface area contributed by atoms with E-state index in [1.54, 1.807) is 140 Å². The number of nitrogens with zero attached hydrogens (tertiary/aromatic N) is 10. The second-order valence-electron chi connectivity index (χ2n) is 25.6. The summed E-state index contributed by atoms with van der Waals surface area (Å²) in [5.41, 5.74) is 19.6. The van der Waals surface area contributed by atoms with Gasteiger partial charge in [0, 0.05) is 170 Å². The SMILES string of the molecule is CCC(=O)N(C)c1ccc(-c2ccc(C(=O)Cc3ccn[nH]3)cc2)c(C)c1.CCC(=O)N(C)c1ccc(-c2ccc(C(=O)Cc3ccn[nH]3)cc2)c(Cl)c1.CCC(=O)N(C)c1ccc(-c2ccc(C(=O)Cc3ccn[nH]3)cn2)c(C)c1.CCC(=O)N(C)c1ccc(-c2ccc(C(=O)Cc3ccn[nH]3)nc2)c(C)c1. The van der Waals surface area contributed by atoms with Gasteiger partial charge in [0.25, 0.3) is 0 Å². The van der Waals surface area contributed by atoms with Gasteiger partial charge in [-0.2, -0.15) is 20.4 Å². The van der Waals surface area contributed by atoms with Crippen LogP contribution in [0.2, 0.25) is 5.02 Å². The van der Waals surface area contributed by atoms with E-state index < -0.39 is 0 Å². The van der Waals surface area contributed by atoms with Crippen molar-refractivity contribution in [2.45, 2.75) is 99.8 Å². The normalized spacial score (nSPS) is 10.6. The third kappa shape index (κ3) is 20.8. The Balaban J connectivity index is 0.000000166. The third-order valence-electron chi connectivity index (χ3n) is 18.2. The summed E-state index contributed by atoms with van der Waals surface area (Å²) in [7, 11) is 7.08. The number of amides is 4. The fourth-order valence-corrected chi connectivity index (χ4v) is 12.0. The smallest absolute Gasteiger partial charge is 0.226 e. The number of rotatable bonds is 24. The van der Waals surface area contributed by atoms with Gasteiger partial charge in [-0.1, -0.05) is 118 Å². The van der Waals surface area contributed by atoms with Crippen LogP contribution in [0.3, 0.4) is 0 Å². The first-order chi connectivity index (χ1) is 52.0. The Morgan fingerprint density at radius 1 is 0.333 bits per heavy atom. The Morgan fingerprint density at radius 3 is 0.981 bits per heavy atom. The van der Waals surface area contributed by atoms with E-state index in [0.717, 1.165) is 107 Å². The number of benzene rings is 6. The van der Waals surface area contributed by atoms with Crippen LogP contribution in [0.1, 0.15) is 134 Å². The average molecular weight is 1470 g/mol. The summed E-state index contributed by atoms with van der Waals surface area (Å²) in [4.78, 5) is 112. The predicted molar refractivity (Wildman–Crippen MR) is 424 cm³/mol. The number of hydrogen-bond acceptors (Lipinski definition) is 14. The number of H-pyrrole nitrogens is 4. The van der Waals surface area contributed by atoms with Crippen molar-refractivity contribution in [3.8, 4) is 44.6 Å². The summed E-state index contributed by atoms with van der Waals surface area (Å²) < 4.78 is 0. The molecule has 12 aromatic rings. The van der Waals surface area contributed by atoms with Crippen LogP contribution in [0.4, 0.5) is 22.7 Å². The van der Waals surface area contributed by atoms with Crippen LogP contribution >= 0.6 is 11.6 Å². The molecule has 552 valence electrons. The zero-order chi connectivity index (χ0) is 77.6. The Hall–Kier alpha value is -12.7. The maximum absolute atomic E-state index is 12.4. The molecule has 12 rings (SSSR count). The molecule has 0 unspecified atom stereocenters. The zero-order valence-corrected chi connectivity index (χ0v) is 63.2. The quantitative estimate of drug-likeness (QED) is 0.0409. The lowest BCUT2D eigenvalue weighted by atomic mass is 9.97. The lowest BCUT2D eigenvalue weighted by molar-refractivity contribution is -0.118. The van der Waals surface area contributed by atoms with Crippen molar-refractivity contribution < 1.29 is 38.4 Å². The first-order valence-corrected chi connectivity index (χ1v) is 35.7. The molecule has 0 bridgehead atoms. The van der Waals surface area contributed by atoms with Crippen LogP contribution in [0.5, 0.6) is 0 Å². The second kappa shape index (κ2) is 37.8. The minimum atomic E-state index is -0.0578. The Kier molecular flexibility index (Phi) is 27.8. The number of carbonyl (C=O) groups is 8. The molecule has 0 spiro atoms. The molecule has 0 saturated carbocycles. The summed E-state index contributed by atoms with van der Waals surface area (Å²) in [6, 6.07) is 52.7. The van der Waals surface area contributed by atoms with Crippen LogP contribution in [0.15, 0.2) is 207 Å². The van der Waals surface area contributed by atoms with E-state index in [1.165, 1.54) is 0 Å². The van der Waals surface area contributed by atoms with Crippen molar-refractivity contribution in [1.29, 1.82) is 0 Å². The maximum Gasteiger partial charge on any atom is 0.226 e. The van der Waals surface area contributed by atoms with Crippen molar-refractivity contribution in [3.05, 3.63) is 274 Å². The van der Waals surface area contributed by atoms with E-state index in [2.05, 4.69) is 50.8 Å². The monoisotopic (exact) mass is 1470 g/mol. The predicted octanol–water partition coefficient (Wildman–Crippen LogP) is 15.9. The maximum atomic E-state index is 12.4. The van der Waals surface area contributed by atoms with E-state index in [9.17, 15) is 38.4 Å². The highest BCUT2D eigenvalue weighted by molar-refractivity contribution is 6.33. The largest absolute Gasteiger partial charge is 0.316 e. The number of anilines is 4. The number of nitrogens with one attached hydrogen (secondary N) is 4. The molecule has 0 aliphatic heterocycles. The van der Waals surface area contributed by atoms with Crippen LogP contribution in [0, 0.1) is 20.8 Å². The van der Waals surface area contributed by atoms with Gasteiger partial charge in [-0.25, -0.2) is 0 Å². The molecule has 0 atom stereocenters. The molecule has 0 saturated heterocycles. The van der Waals surface area contributed by atoms with Gasteiger partial charge in [-0.3, -0.25) is 68.7 Å². The van der Waals surface area contributed by atoms with Crippen LogP contribution < -0.4 is 19.6 Å². The van der Waals surface area contributed by atoms with Crippen LogP contribution in [-0.2, 0) is 44.9 Å². The third-order valence-corrected chi connectivity index (χ3v) is 18.5. The number of pyridine rings is 2. The molecule has 0 aliphatic rings. The van der Waals surface area contributed by atoms with Crippen molar-refractivity contribution in [2.75, 3.05) is 47.8 Å². The number of hydrogen-bond donors (Lipinski definition) is 4. The van der Waals surface area contributed by atoms with E-state index in [1.807, 2.05) is 164 Å². The number of carbonyl (C=O) groups excluding carboxylic acids is 8. The molecule has 6 aromatic carbocycles. The zero-order valence-electron chi connectivity index (χ0n) is 62.4. The van der Waals surface area contributed by atoms with Gasteiger partial charge in [0.2, 0.25) is 23.6 Å². The lowest BCUT2D eigenvalue weighted by Gasteiger charge is -2.18. The second-order valence-corrected chi connectivity index (χ2v) is 26.0. The highest BCUT2D eigenvalue weighted by Crippen LogP contribution is 2.34. The Bertz CT molecular complexity index is 4430. The van der Waals surface area contributed by atoms with Gasteiger partial charge in [-0.05, 0) is 151 Å². The van der Waals surface area contributed by atoms with E-state index in [4.69, 9.17) is 11.6 Å². The first-order valence-electron chi connectivity index (χ1n) is 35.3. The molecule has 4 N–H and O–H groups in total. The summed E-state index contributed by atoms with van der Waals surface area (Å²) in [5, 5.41) is 27.1. The molecule has 6 heterocycles. The van der Waals surface area contributed by atoms with Gasteiger partial charge in [-0.15, -0.1) is 0 Å². The number of aryl methyl sites for hydroxylation is 3. The van der Waals surface area contributed by atoms with E-state index >= 15 is 0 Å². The highest BCUT2D eigenvalue weighted by Gasteiger charge is 2.19. The van der Waals surface area contributed by atoms with Crippen LogP contribution in [0.25, 0.3) is 44.6 Å². The van der Waals surface area contributed by atoms with Crippen molar-refractivity contribution in [2.24, 2.45) is 0 Å². The number of aromatic nitrogens is 10. The molecule has 4 amide bonds. The van der Waals surface area contributed by atoms with Gasteiger partial charge in [0.15, 0.2) is 23.1 Å². The molecule has 6 aromatic heterocycles. The minimum Gasteiger partial charge on any atom is -0.316 e. The Morgan fingerprint density at radius 2 is 0.657 bits per heavy atom. The highest BCUT2D eigenvalue weighted by atomic mass is 35.5. The lowest BCUT2D eigenvalue weighted by Crippen LogP contribution is -2.25. The molecular formula is C85H87ClN14O8. The van der Waals surface area contributed by atoms with Crippen molar-refractivity contribution in [3.63, 3.8) is 0 Å². The molecule has 0 aliphatic carbocycles. The Labute approximate surface area is 633 Å². The number of Topliss-reactive ketones (excluding diaryl/α,β-unsaturated/α-hetero) is 4. The van der Waals surface area contributed by atoms with Gasteiger partial charge < -0.3 is 19.6 Å². The standard InChI is InChI=1S/C22H23N3O2.C21H20ClN3O2.2C21H22N4O2/c1-4-22(27)25(3)19-9-10-20(15(2)13-19)16-5-7-17(8-6-16)21(26)14-18-11-12-23-24-18;1-3-21(27)25(2)17-8-9-18(19(22)13-17)14-4-6-15(7-5-14)20(26)12-16-10-11-23-24-16;1-4-21(27)25(3)17-6-7-18(14(2)11-17)19-8-5-15(13-22-19)20(26)12-16-9-10-23-24-16;1-4-21(27)25(3)17-6-7-18(14(2)11-17)15-5-8-19(22-13-15)20(26)12-16-9-10-23-24-16/h5-13H,4,14H2,1-3H3,(H,23,24);4-11,13H,3,12H2,1-2H3,(H,23,24);2*5-11,13H,4,12H2,1-3H3,(H,23,24). The van der Waals surface area contributed by atoms with Crippen molar-refractivity contribution >= 4 is 81.1 Å². The summed E-state index contributed by atoms with van der Waals surface area (Å²) >= 11 is 6.44. The van der Waals surface area contributed by atoms with Crippen molar-refractivity contribution in [1.82, 2.24) is 50.8 Å². The van der Waals surface area contributed by atoms with Gasteiger partial charge in [0.1, 0.15) is 5.69 Å². The summed E-state index contributed by atoms with van der Waals surface area (Å²) in [6.07, 6.45) is 12.8. The number of ketones is 4. The number of halogens is 1. The molecule has 0 fully saturated rings. The summed E-state index contributed by atoms with van der Waals surface area (Å²) in [6.45, 7) is 13.4. The van der Waals surface area contributed by atoms with E-state index in [-0.39, 0.29) is 66.0 Å². The topological polar surface area (TPSA) is 290 Å². The molecule has 0 radical (unpaired) electrons. The fraction of sp³-hybridized carbons (Fsp3) is 0.224. The fourth-order valence-electron chi connectivity index (χ4n) is 11.7. The minimum absolute atomic E-state index is 0.00919. The molecular weight excluding hydrogens is 1380 g/mol. The first kappa shape index (κ1) is 79.4.